The second-order valence-corrected chi connectivity index (χ2v) is 2.54. The van der Waals surface area contributed by atoms with Crippen LogP contribution in [0.1, 0.15) is 32.1 Å². The Morgan fingerprint density at radius 2 is 1.75 bits per heavy atom. The summed E-state index contributed by atoms with van der Waals surface area (Å²) in [7, 11) is 0. The molecule has 0 saturated heterocycles. The first-order chi connectivity index (χ1) is 5.41. The fraction of sp³-hybridized carbons (Fsp3) is 0.875. The summed E-state index contributed by atoms with van der Waals surface area (Å²) in [5.41, 5.74) is 0. The molecule has 0 bridgehead atoms. The van der Waals surface area contributed by atoms with Crippen molar-refractivity contribution in [1.29, 1.82) is 0 Å². The molecule has 1 saturated carbocycles. The quantitative estimate of drug-likeness (QED) is 0.298. The van der Waals surface area contributed by atoms with Crippen LogP contribution < -0.4 is 61.8 Å². The van der Waals surface area contributed by atoms with Gasteiger partial charge < -0.3 is 10.4 Å². The van der Waals surface area contributed by atoms with Crippen LogP contribution in [0, 0.1) is 0 Å². The minimum atomic E-state index is -0.110. The molecule has 0 heterocycles. The van der Waals surface area contributed by atoms with Crippen LogP contribution in [-0.4, -0.2) is 19.6 Å². The van der Waals surface area contributed by atoms with E-state index in [1.807, 2.05) is 0 Å². The molecule has 1 rings (SSSR count). The molecular formula is C8H16KNO2. The molecular weight excluding hydrogens is 181 g/mol. The number of carbonyl (C=O) groups is 1. The smallest absolute Gasteiger partial charge is 0.854 e. The average Bonchev–Trinajstić information content (AvgIpc) is 1.85. The number of hydrogen-bond acceptors (Lipinski definition) is 2. The molecule has 0 aromatic carbocycles. The van der Waals surface area contributed by atoms with Gasteiger partial charge in [0.05, 0.1) is 0 Å². The molecule has 1 aliphatic rings. The third kappa shape index (κ3) is 13.6. The van der Waals surface area contributed by atoms with Gasteiger partial charge in [-0.1, -0.05) is 32.1 Å². The molecule has 4 heteroatoms. The Bertz CT molecular complexity index is 83.1. The van der Waals surface area contributed by atoms with Gasteiger partial charge in [-0.3, -0.25) is 4.79 Å². The van der Waals surface area contributed by atoms with Gasteiger partial charge in [0.1, 0.15) is 0 Å². The van der Waals surface area contributed by atoms with Crippen LogP contribution in [0.2, 0.25) is 0 Å². The van der Waals surface area contributed by atoms with E-state index in [0.29, 0.717) is 19.4 Å². The second-order valence-electron chi connectivity index (χ2n) is 2.54. The Labute approximate surface area is 117 Å². The van der Waals surface area contributed by atoms with Crippen molar-refractivity contribution in [2.75, 3.05) is 13.2 Å². The summed E-state index contributed by atoms with van der Waals surface area (Å²) in [6, 6.07) is 0. The van der Waals surface area contributed by atoms with Crippen LogP contribution in [-0.2, 0) is 4.79 Å². The Hall–Kier alpha value is 1.07. The van der Waals surface area contributed by atoms with Crippen LogP contribution in [0.3, 0.4) is 0 Å². The topological polar surface area (TPSA) is 52.2 Å². The molecule has 1 N–H and O–H groups in total. The minimum Gasteiger partial charge on any atom is -0.854 e. The van der Waals surface area contributed by atoms with E-state index in [0.717, 1.165) is 0 Å². The Balaban J connectivity index is 0. The maximum Gasteiger partial charge on any atom is 1.00 e. The third-order valence-electron chi connectivity index (χ3n) is 1.55. The molecule has 66 valence electrons. The first kappa shape index (κ1) is 15.5. The second kappa shape index (κ2) is 14.6. The van der Waals surface area contributed by atoms with Gasteiger partial charge in [-0.2, -0.15) is 0 Å². The van der Waals surface area contributed by atoms with Crippen molar-refractivity contribution in [2.45, 2.75) is 32.1 Å². The summed E-state index contributed by atoms with van der Waals surface area (Å²) in [6.07, 6.45) is 7.12. The van der Waals surface area contributed by atoms with Gasteiger partial charge in [0.15, 0.2) is 0 Å². The molecule has 3 nitrogen and oxygen atoms in total. The monoisotopic (exact) mass is 197 g/mol. The summed E-state index contributed by atoms with van der Waals surface area (Å²) < 4.78 is 0. The summed E-state index contributed by atoms with van der Waals surface area (Å²) >= 11 is 0. The molecule has 0 spiro atoms. The van der Waals surface area contributed by atoms with Crippen molar-refractivity contribution in [2.24, 2.45) is 0 Å². The summed E-state index contributed by atoms with van der Waals surface area (Å²) in [4.78, 5) is 9.47. The zero-order valence-electron chi connectivity index (χ0n) is 7.84. The molecule has 0 aromatic heterocycles. The van der Waals surface area contributed by atoms with Crippen molar-refractivity contribution in [3.8, 4) is 0 Å². The van der Waals surface area contributed by atoms with Crippen LogP contribution in [0.25, 0.3) is 0 Å². The number of amides is 1. The number of rotatable bonds is 4. The first-order valence-electron chi connectivity index (χ1n) is 4.17. The zero-order chi connectivity index (χ0) is 8.36. The van der Waals surface area contributed by atoms with Gasteiger partial charge >= 0.3 is 51.4 Å². The predicted octanol–water partition coefficient (Wildman–Crippen LogP) is -2.95. The maximum absolute atomic E-state index is 9.65. The fourth-order valence-electron chi connectivity index (χ4n) is 0.483. The van der Waals surface area contributed by atoms with E-state index in [-0.39, 0.29) is 58.0 Å². The molecule has 0 atom stereocenters. The van der Waals surface area contributed by atoms with E-state index in [2.05, 4.69) is 5.32 Å². The van der Waals surface area contributed by atoms with Crippen LogP contribution >= 0.6 is 0 Å². The van der Waals surface area contributed by atoms with Crippen molar-refractivity contribution in [1.82, 2.24) is 5.32 Å². The van der Waals surface area contributed by atoms with E-state index in [9.17, 15) is 9.90 Å². The number of nitrogens with one attached hydrogen (secondary N) is 1. The van der Waals surface area contributed by atoms with Crippen LogP contribution in [0.5, 0.6) is 0 Å². The van der Waals surface area contributed by atoms with Crippen molar-refractivity contribution < 1.29 is 61.3 Å². The molecule has 0 radical (unpaired) electrons. The van der Waals surface area contributed by atoms with Crippen LogP contribution in [0.4, 0.5) is 0 Å². The summed E-state index contributed by atoms with van der Waals surface area (Å²) in [5, 5.41) is 12.0. The Morgan fingerprint density at radius 1 is 1.25 bits per heavy atom. The first-order valence-corrected chi connectivity index (χ1v) is 4.17. The van der Waals surface area contributed by atoms with E-state index in [1.165, 1.54) is 25.7 Å². The normalized spacial score (nSPS) is 12.8. The molecule has 1 fully saturated rings. The van der Waals surface area contributed by atoms with Crippen LogP contribution in [0.15, 0.2) is 0 Å². The SMILES string of the molecule is C1CCC1.O=CNCCC[O-].[K+]. The number of carbonyl (C=O) groups excluding carboxylic acids is 1. The Kier molecular flexibility index (Phi) is 18.9. The van der Waals surface area contributed by atoms with E-state index >= 15 is 0 Å². The molecule has 0 aliphatic heterocycles. The molecule has 0 aromatic rings. The standard InChI is InChI=1S/C4H8NO2.C4H8.K/c6-3-1-2-5-4-7;1-2-4-3-1;/h4H,1-3H2,(H,5,7);1-4H2;/q-1;;+1. The molecule has 12 heavy (non-hydrogen) atoms. The van der Waals surface area contributed by atoms with Gasteiger partial charge in [0.2, 0.25) is 6.41 Å². The van der Waals surface area contributed by atoms with Gasteiger partial charge in [0.25, 0.3) is 0 Å². The van der Waals surface area contributed by atoms with Gasteiger partial charge in [-0.25, -0.2) is 0 Å². The van der Waals surface area contributed by atoms with Gasteiger partial charge in [-0.05, 0) is 0 Å². The third-order valence-corrected chi connectivity index (χ3v) is 1.55. The maximum atomic E-state index is 9.65. The van der Waals surface area contributed by atoms with Crippen molar-refractivity contribution >= 4 is 6.41 Å². The van der Waals surface area contributed by atoms with Gasteiger partial charge in [0, 0.05) is 6.54 Å². The van der Waals surface area contributed by atoms with Crippen molar-refractivity contribution in [3.63, 3.8) is 0 Å². The largest absolute Gasteiger partial charge is 1.00 e. The molecule has 1 amide bonds. The number of hydrogen-bond donors (Lipinski definition) is 1. The van der Waals surface area contributed by atoms with E-state index < -0.39 is 0 Å². The van der Waals surface area contributed by atoms with Gasteiger partial charge in [-0.15, -0.1) is 6.61 Å². The molecule has 1 aliphatic carbocycles. The summed E-state index contributed by atoms with van der Waals surface area (Å²) in [6.45, 7) is 0.397. The predicted molar refractivity (Wildman–Crippen MR) is 42.0 cm³/mol. The minimum absolute atomic E-state index is 0. The summed E-state index contributed by atoms with van der Waals surface area (Å²) in [5.74, 6) is 0. The van der Waals surface area contributed by atoms with Crippen molar-refractivity contribution in [3.05, 3.63) is 0 Å². The fourth-order valence-corrected chi connectivity index (χ4v) is 0.483. The zero-order valence-corrected chi connectivity index (χ0v) is 11.0. The Morgan fingerprint density at radius 3 is 2.00 bits per heavy atom. The van der Waals surface area contributed by atoms with E-state index in [1.54, 1.807) is 0 Å². The molecule has 0 unspecified atom stereocenters. The van der Waals surface area contributed by atoms with E-state index in [4.69, 9.17) is 0 Å². The average molecular weight is 197 g/mol.